The number of rotatable bonds is 4. The molecule has 1 aromatic heterocycles. The first-order chi connectivity index (χ1) is 7.07. The fraction of sp³-hybridized carbons (Fsp3) is 0.455. The van der Waals surface area contributed by atoms with Crippen LogP contribution in [0.2, 0.25) is 0 Å². The van der Waals surface area contributed by atoms with Crippen LogP contribution in [-0.4, -0.2) is 22.1 Å². The number of hydrogen-bond donors (Lipinski definition) is 1. The summed E-state index contributed by atoms with van der Waals surface area (Å²) in [6.45, 7) is 6.36. The molecule has 4 nitrogen and oxygen atoms in total. The van der Waals surface area contributed by atoms with Gasteiger partial charge in [-0.15, -0.1) is 6.42 Å². The molecule has 0 saturated heterocycles. The second-order valence-corrected chi connectivity index (χ2v) is 3.51. The molecular formula is C11H15N3O. The molecule has 0 aliphatic rings. The van der Waals surface area contributed by atoms with Gasteiger partial charge in [0.25, 0.3) is 0 Å². The van der Waals surface area contributed by atoms with Crippen LogP contribution in [0.15, 0.2) is 12.3 Å². The molecule has 0 aliphatic carbocycles. The molecule has 1 N–H and O–H groups in total. The van der Waals surface area contributed by atoms with Crippen molar-refractivity contribution >= 4 is 5.95 Å². The number of nitrogens with zero attached hydrogens (tertiary/aromatic N) is 2. The molecule has 0 fully saturated rings. The normalized spacial score (nSPS) is 10.5. The average molecular weight is 205 g/mol. The van der Waals surface area contributed by atoms with E-state index in [0.29, 0.717) is 11.8 Å². The van der Waals surface area contributed by atoms with Crippen LogP contribution in [0.1, 0.15) is 20.8 Å². The highest BCUT2D eigenvalue weighted by Crippen LogP contribution is 2.15. The van der Waals surface area contributed by atoms with Crippen molar-refractivity contribution in [1.29, 1.82) is 0 Å². The predicted molar refractivity (Wildman–Crippen MR) is 59.7 cm³/mol. The van der Waals surface area contributed by atoms with Crippen molar-refractivity contribution < 1.29 is 4.74 Å². The largest absolute Gasteiger partial charge is 0.458 e. The second kappa shape index (κ2) is 4.65. The van der Waals surface area contributed by atoms with Gasteiger partial charge in [-0.2, -0.15) is 4.98 Å². The van der Waals surface area contributed by atoms with E-state index < -0.39 is 5.60 Å². The first-order valence-corrected chi connectivity index (χ1v) is 4.81. The molecule has 4 heteroatoms. The fourth-order valence-electron chi connectivity index (χ4n) is 0.933. The Labute approximate surface area is 90.1 Å². The molecule has 0 aromatic carbocycles. The SMILES string of the molecule is C#CC(C)(C)Oc1ccnc(NCC)n1. The number of ether oxygens (including phenoxy) is 1. The summed E-state index contributed by atoms with van der Waals surface area (Å²) in [5.41, 5.74) is -0.655. The van der Waals surface area contributed by atoms with E-state index in [1.54, 1.807) is 12.3 Å². The van der Waals surface area contributed by atoms with Gasteiger partial charge in [0.15, 0.2) is 5.60 Å². The van der Waals surface area contributed by atoms with Gasteiger partial charge in [0, 0.05) is 18.8 Å². The van der Waals surface area contributed by atoms with Crippen molar-refractivity contribution in [1.82, 2.24) is 9.97 Å². The molecule has 1 aromatic rings. The highest BCUT2D eigenvalue weighted by molar-refractivity contribution is 5.27. The first kappa shape index (κ1) is 11.3. The summed E-state index contributed by atoms with van der Waals surface area (Å²) < 4.78 is 5.51. The van der Waals surface area contributed by atoms with Crippen molar-refractivity contribution in [3.63, 3.8) is 0 Å². The Kier molecular flexibility index (Phi) is 3.51. The molecule has 0 saturated carbocycles. The number of aromatic nitrogens is 2. The van der Waals surface area contributed by atoms with Gasteiger partial charge >= 0.3 is 0 Å². The Morgan fingerprint density at radius 3 is 2.93 bits per heavy atom. The third-order valence-electron chi connectivity index (χ3n) is 1.67. The van der Waals surface area contributed by atoms with Crippen molar-refractivity contribution in [3.8, 4) is 18.2 Å². The van der Waals surface area contributed by atoms with E-state index in [1.807, 2.05) is 20.8 Å². The Balaban J connectivity index is 2.79. The summed E-state index contributed by atoms with van der Waals surface area (Å²) in [6.07, 6.45) is 6.95. The van der Waals surface area contributed by atoms with Crippen LogP contribution in [0.5, 0.6) is 5.88 Å². The monoisotopic (exact) mass is 205 g/mol. The minimum Gasteiger partial charge on any atom is -0.458 e. The number of anilines is 1. The van der Waals surface area contributed by atoms with Crippen LogP contribution in [-0.2, 0) is 0 Å². The maximum atomic E-state index is 5.51. The molecular weight excluding hydrogens is 190 g/mol. The standard InChI is InChI=1S/C11H15N3O/c1-5-11(3,4)15-9-7-8-13-10(14-9)12-6-2/h1,7-8H,6H2,2-4H3,(H,12,13,14). The molecule has 0 aliphatic heterocycles. The van der Waals surface area contributed by atoms with E-state index in [0.717, 1.165) is 6.54 Å². The maximum absolute atomic E-state index is 5.51. The average Bonchev–Trinajstić information content (AvgIpc) is 2.18. The molecule has 0 radical (unpaired) electrons. The maximum Gasteiger partial charge on any atom is 0.225 e. The fourth-order valence-corrected chi connectivity index (χ4v) is 0.933. The lowest BCUT2D eigenvalue weighted by molar-refractivity contribution is 0.164. The zero-order valence-corrected chi connectivity index (χ0v) is 9.24. The molecule has 1 heterocycles. The Morgan fingerprint density at radius 1 is 1.60 bits per heavy atom. The zero-order valence-electron chi connectivity index (χ0n) is 9.24. The van der Waals surface area contributed by atoms with Crippen LogP contribution in [0, 0.1) is 12.3 Å². The Hall–Kier alpha value is -1.76. The molecule has 80 valence electrons. The molecule has 0 unspecified atom stereocenters. The van der Waals surface area contributed by atoms with E-state index in [2.05, 4.69) is 21.2 Å². The van der Waals surface area contributed by atoms with Gasteiger partial charge in [-0.1, -0.05) is 5.92 Å². The van der Waals surface area contributed by atoms with Gasteiger partial charge in [0.1, 0.15) is 0 Å². The summed E-state index contributed by atoms with van der Waals surface area (Å²) in [6, 6.07) is 1.68. The summed E-state index contributed by atoms with van der Waals surface area (Å²) in [4.78, 5) is 8.19. The first-order valence-electron chi connectivity index (χ1n) is 4.81. The quantitative estimate of drug-likeness (QED) is 0.760. The summed E-state index contributed by atoms with van der Waals surface area (Å²) in [7, 11) is 0. The van der Waals surface area contributed by atoms with Crippen LogP contribution in [0.25, 0.3) is 0 Å². The van der Waals surface area contributed by atoms with E-state index in [-0.39, 0.29) is 0 Å². The van der Waals surface area contributed by atoms with E-state index in [4.69, 9.17) is 11.2 Å². The smallest absolute Gasteiger partial charge is 0.225 e. The topological polar surface area (TPSA) is 47.0 Å². The lowest BCUT2D eigenvalue weighted by Gasteiger charge is -2.19. The lowest BCUT2D eigenvalue weighted by Crippen LogP contribution is -2.26. The summed E-state index contributed by atoms with van der Waals surface area (Å²) >= 11 is 0. The molecule has 0 amide bonds. The van der Waals surface area contributed by atoms with Crippen molar-refractivity contribution in [3.05, 3.63) is 12.3 Å². The van der Waals surface area contributed by atoms with Gasteiger partial charge in [0.05, 0.1) is 0 Å². The Bertz CT molecular complexity index is 368. The zero-order chi connectivity index (χ0) is 11.3. The lowest BCUT2D eigenvalue weighted by atomic mass is 10.1. The van der Waals surface area contributed by atoms with Crippen LogP contribution >= 0.6 is 0 Å². The molecule has 0 spiro atoms. The highest BCUT2D eigenvalue weighted by atomic mass is 16.5. The van der Waals surface area contributed by atoms with E-state index in [9.17, 15) is 0 Å². The molecule has 0 bridgehead atoms. The van der Waals surface area contributed by atoms with Crippen molar-refractivity contribution in [2.45, 2.75) is 26.4 Å². The second-order valence-electron chi connectivity index (χ2n) is 3.51. The highest BCUT2D eigenvalue weighted by Gasteiger charge is 2.16. The van der Waals surface area contributed by atoms with Crippen molar-refractivity contribution in [2.24, 2.45) is 0 Å². The molecule has 15 heavy (non-hydrogen) atoms. The van der Waals surface area contributed by atoms with Crippen molar-refractivity contribution in [2.75, 3.05) is 11.9 Å². The Morgan fingerprint density at radius 2 is 2.33 bits per heavy atom. The minimum atomic E-state index is -0.655. The number of terminal acetylenes is 1. The van der Waals surface area contributed by atoms with Gasteiger partial charge < -0.3 is 10.1 Å². The van der Waals surface area contributed by atoms with Gasteiger partial charge in [-0.3, -0.25) is 0 Å². The van der Waals surface area contributed by atoms with Gasteiger partial charge in [0.2, 0.25) is 11.8 Å². The van der Waals surface area contributed by atoms with Crippen LogP contribution in [0.3, 0.4) is 0 Å². The summed E-state index contributed by atoms with van der Waals surface area (Å²) in [5, 5.41) is 3.00. The third kappa shape index (κ3) is 3.47. The molecule has 0 atom stereocenters. The third-order valence-corrected chi connectivity index (χ3v) is 1.67. The number of hydrogen-bond acceptors (Lipinski definition) is 4. The van der Waals surface area contributed by atoms with Crippen LogP contribution in [0.4, 0.5) is 5.95 Å². The van der Waals surface area contributed by atoms with E-state index >= 15 is 0 Å². The summed E-state index contributed by atoms with van der Waals surface area (Å²) in [5.74, 6) is 3.56. The molecule has 1 rings (SSSR count). The van der Waals surface area contributed by atoms with Crippen LogP contribution < -0.4 is 10.1 Å². The van der Waals surface area contributed by atoms with Gasteiger partial charge in [-0.05, 0) is 20.8 Å². The number of nitrogens with one attached hydrogen (secondary N) is 1. The minimum absolute atomic E-state index is 0.476. The predicted octanol–water partition coefficient (Wildman–Crippen LogP) is 1.70. The van der Waals surface area contributed by atoms with E-state index in [1.165, 1.54) is 0 Å². The van der Waals surface area contributed by atoms with Gasteiger partial charge in [-0.25, -0.2) is 4.98 Å².